The van der Waals surface area contributed by atoms with Crippen LogP contribution in [0.5, 0.6) is 0 Å². The zero-order valence-corrected chi connectivity index (χ0v) is 16.5. The molecule has 1 aliphatic rings. The lowest BCUT2D eigenvalue weighted by Crippen LogP contribution is -2.26. The van der Waals surface area contributed by atoms with Crippen molar-refractivity contribution in [2.45, 2.75) is 40.2 Å². The number of benzene rings is 1. The third-order valence-electron chi connectivity index (χ3n) is 5.32. The third kappa shape index (κ3) is 3.34. The zero-order chi connectivity index (χ0) is 19.9. The average molecular weight is 375 g/mol. The minimum Gasteiger partial charge on any atom is -0.392 e. The van der Waals surface area contributed by atoms with E-state index < -0.39 is 0 Å². The highest BCUT2D eigenvalue weighted by molar-refractivity contribution is 6.07. The molecule has 1 aromatic carbocycles. The average Bonchev–Trinajstić information content (AvgIpc) is 3.00. The summed E-state index contributed by atoms with van der Waals surface area (Å²) in [6.45, 7) is 6.19. The molecule has 0 amide bonds. The van der Waals surface area contributed by atoms with E-state index in [1.165, 1.54) is 0 Å². The molecule has 3 N–H and O–H groups in total. The molecule has 0 aliphatic heterocycles. The molecule has 3 aromatic rings. The Bertz CT molecular complexity index is 1040. The standard InChI is InChI=1S/C23H25N3O2/c1-14-4-5-16(13-27)17(10-14)25-22-20-18(11-23(2,3)12-19(20)28)26-21(22)15-6-8-24-9-7-15/h4-10,25-27H,11-13H2,1-3H3. The van der Waals surface area contributed by atoms with Gasteiger partial charge < -0.3 is 15.4 Å². The Morgan fingerprint density at radius 2 is 1.93 bits per heavy atom. The number of carbonyl (C=O) groups excluding carboxylic acids is 1. The van der Waals surface area contributed by atoms with Crippen LogP contribution in [0, 0.1) is 12.3 Å². The molecule has 0 bridgehead atoms. The lowest BCUT2D eigenvalue weighted by Gasteiger charge is -2.28. The molecule has 0 saturated carbocycles. The number of carbonyl (C=O) groups is 1. The smallest absolute Gasteiger partial charge is 0.167 e. The van der Waals surface area contributed by atoms with Crippen LogP contribution in [0.25, 0.3) is 11.3 Å². The number of pyridine rings is 1. The molecular weight excluding hydrogens is 350 g/mol. The number of H-pyrrole nitrogens is 1. The molecule has 0 atom stereocenters. The first-order valence-corrected chi connectivity index (χ1v) is 9.54. The number of nitrogens with one attached hydrogen (secondary N) is 2. The van der Waals surface area contributed by atoms with Crippen molar-refractivity contribution in [1.29, 1.82) is 0 Å². The van der Waals surface area contributed by atoms with E-state index in [-0.39, 0.29) is 17.8 Å². The Morgan fingerprint density at radius 1 is 1.18 bits per heavy atom. The molecule has 1 aliphatic carbocycles. The first-order chi connectivity index (χ1) is 13.4. The van der Waals surface area contributed by atoms with Gasteiger partial charge in [-0.3, -0.25) is 9.78 Å². The summed E-state index contributed by atoms with van der Waals surface area (Å²) in [5.41, 5.74) is 6.96. The maximum atomic E-state index is 13.1. The number of Topliss-reactive ketones (excluding diaryl/α,β-unsaturated/α-hetero) is 1. The van der Waals surface area contributed by atoms with E-state index in [1.807, 2.05) is 37.3 Å². The van der Waals surface area contributed by atoms with Crippen molar-refractivity contribution >= 4 is 17.2 Å². The van der Waals surface area contributed by atoms with E-state index >= 15 is 0 Å². The van der Waals surface area contributed by atoms with Crippen LogP contribution in [0.1, 0.15) is 47.4 Å². The number of rotatable bonds is 4. The number of aromatic nitrogens is 2. The Morgan fingerprint density at radius 3 is 2.64 bits per heavy atom. The molecule has 2 heterocycles. The number of ketones is 1. The Labute approximate surface area is 164 Å². The van der Waals surface area contributed by atoms with Crippen LogP contribution >= 0.6 is 0 Å². The number of aliphatic hydroxyl groups is 1. The fourth-order valence-electron chi connectivity index (χ4n) is 4.00. The summed E-state index contributed by atoms with van der Waals surface area (Å²) in [6, 6.07) is 9.75. The molecule has 0 unspecified atom stereocenters. The largest absolute Gasteiger partial charge is 0.392 e. The molecule has 4 rings (SSSR count). The highest BCUT2D eigenvalue weighted by Gasteiger charge is 2.35. The number of fused-ring (bicyclic) bond motifs is 1. The van der Waals surface area contributed by atoms with E-state index in [9.17, 15) is 9.90 Å². The lowest BCUT2D eigenvalue weighted by molar-refractivity contribution is 0.0912. The number of nitrogens with zero attached hydrogens (tertiary/aromatic N) is 1. The number of hydrogen-bond acceptors (Lipinski definition) is 4. The predicted octanol–water partition coefficient (Wildman–Crippen LogP) is 4.78. The maximum absolute atomic E-state index is 13.1. The summed E-state index contributed by atoms with van der Waals surface area (Å²) >= 11 is 0. The topological polar surface area (TPSA) is 78.0 Å². The van der Waals surface area contributed by atoms with E-state index in [0.717, 1.165) is 51.4 Å². The van der Waals surface area contributed by atoms with Gasteiger partial charge in [0.05, 0.1) is 23.6 Å². The molecule has 0 fully saturated rings. The van der Waals surface area contributed by atoms with Gasteiger partial charge in [-0.05, 0) is 42.5 Å². The molecule has 144 valence electrons. The number of aromatic amines is 1. The van der Waals surface area contributed by atoms with Crippen molar-refractivity contribution in [3.63, 3.8) is 0 Å². The molecule has 5 nitrogen and oxygen atoms in total. The second-order valence-electron chi connectivity index (χ2n) is 8.35. The third-order valence-corrected chi connectivity index (χ3v) is 5.32. The van der Waals surface area contributed by atoms with Crippen molar-refractivity contribution in [3.8, 4) is 11.3 Å². The second kappa shape index (κ2) is 6.91. The quantitative estimate of drug-likeness (QED) is 0.613. The molecule has 0 radical (unpaired) electrons. The van der Waals surface area contributed by atoms with Gasteiger partial charge >= 0.3 is 0 Å². The summed E-state index contributed by atoms with van der Waals surface area (Å²) in [6.07, 6.45) is 4.82. The Balaban J connectivity index is 1.90. The van der Waals surface area contributed by atoms with Crippen LogP contribution in [0.2, 0.25) is 0 Å². The Kier molecular flexibility index (Phi) is 4.55. The maximum Gasteiger partial charge on any atom is 0.167 e. The minimum atomic E-state index is -0.0687. The fourth-order valence-corrected chi connectivity index (χ4v) is 4.00. The van der Waals surface area contributed by atoms with Gasteiger partial charge in [-0.2, -0.15) is 0 Å². The van der Waals surface area contributed by atoms with E-state index in [0.29, 0.717) is 6.42 Å². The van der Waals surface area contributed by atoms with E-state index in [1.54, 1.807) is 12.4 Å². The number of aliphatic hydroxyl groups excluding tert-OH is 1. The SMILES string of the molecule is Cc1ccc(CO)c(Nc2c(-c3ccncc3)[nH]c3c2C(=O)CC(C)(C)C3)c1. The van der Waals surface area contributed by atoms with Gasteiger partial charge in [0.2, 0.25) is 0 Å². The Hall–Kier alpha value is -2.92. The van der Waals surface area contributed by atoms with E-state index in [2.05, 4.69) is 29.1 Å². The van der Waals surface area contributed by atoms with Crippen molar-refractivity contribution in [3.05, 3.63) is 65.1 Å². The molecule has 0 spiro atoms. The van der Waals surface area contributed by atoms with Crippen LogP contribution < -0.4 is 5.32 Å². The van der Waals surface area contributed by atoms with Crippen molar-refractivity contribution in [1.82, 2.24) is 9.97 Å². The van der Waals surface area contributed by atoms with Gasteiger partial charge in [0.1, 0.15) is 0 Å². The lowest BCUT2D eigenvalue weighted by atomic mass is 9.76. The van der Waals surface area contributed by atoms with Crippen LogP contribution in [0.3, 0.4) is 0 Å². The normalized spacial score (nSPS) is 15.4. The molecule has 0 saturated heterocycles. The molecule has 5 heteroatoms. The molecular formula is C23H25N3O2. The molecule has 2 aromatic heterocycles. The van der Waals surface area contributed by atoms with Gasteiger partial charge in [0.25, 0.3) is 0 Å². The van der Waals surface area contributed by atoms with Crippen molar-refractivity contribution in [2.24, 2.45) is 5.41 Å². The van der Waals surface area contributed by atoms with Crippen molar-refractivity contribution in [2.75, 3.05) is 5.32 Å². The monoisotopic (exact) mass is 375 g/mol. The van der Waals surface area contributed by atoms with E-state index in [4.69, 9.17) is 0 Å². The number of anilines is 2. The highest BCUT2D eigenvalue weighted by Crippen LogP contribution is 2.43. The van der Waals surface area contributed by atoms with Gasteiger partial charge in [0.15, 0.2) is 5.78 Å². The van der Waals surface area contributed by atoms with Crippen molar-refractivity contribution < 1.29 is 9.90 Å². The van der Waals surface area contributed by atoms with Crippen LogP contribution in [0.15, 0.2) is 42.7 Å². The first-order valence-electron chi connectivity index (χ1n) is 9.54. The summed E-state index contributed by atoms with van der Waals surface area (Å²) in [4.78, 5) is 20.7. The summed E-state index contributed by atoms with van der Waals surface area (Å²) in [5.74, 6) is 0.142. The first kappa shape index (κ1) is 18.4. The summed E-state index contributed by atoms with van der Waals surface area (Å²) < 4.78 is 0. The van der Waals surface area contributed by atoms with Crippen LogP contribution in [-0.2, 0) is 13.0 Å². The summed E-state index contributed by atoms with van der Waals surface area (Å²) in [7, 11) is 0. The highest BCUT2D eigenvalue weighted by atomic mass is 16.3. The number of hydrogen-bond donors (Lipinski definition) is 3. The van der Waals surface area contributed by atoms with Gasteiger partial charge in [-0.15, -0.1) is 0 Å². The van der Waals surface area contributed by atoms with Gasteiger partial charge in [-0.1, -0.05) is 26.0 Å². The fraction of sp³-hybridized carbons (Fsp3) is 0.304. The van der Waals surface area contributed by atoms with Crippen LogP contribution in [-0.4, -0.2) is 20.9 Å². The predicted molar refractivity (Wildman–Crippen MR) is 111 cm³/mol. The molecule has 28 heavy (non-hydrogen) atoms. The number of aryl methyl sites for hydroxylation is 1. The minimum absolute atomic E-state index is 0.0681. The van der Waals surface area contributed by atoms with Gasteiger partial charge in [-0.25, -0.2) is 0 Å². The van der Waals surface area contributed by atoms with Crippen LogP contribution in [0.4, 0.5) is 11.4 Å². The summed E-state index contributed by atoms with van der Waals surface area (Å²) in [5, 5.41) is 13.2. The zero-order valence-electron chi connectivity index (χ0n) is 16.5. The van der Waals surface area contributed by atoms with Gasteiger partial charge in [0, 0.05) is 41.3 Å². The second-order valence-corrected chi connectivity index (χ2v) is 8.35.